The van der Waals surface area contributed by atoms with E-state index >= 15 is 0 Å². The van der Waals surface area contributed by atoms with Crippen LogP contribution in [0.5, 0.6) is 0 Å². The van der Waals surface area contributed by atoms with E-state index in [2.05, 4.69) is 0 Å². The fourth-order valence-electron chi connectivity index (χ4n) is 3.44. The average Bonchev–Trinajstić information content (AvgIpc) is 2.72. The van der Waals surface area contributed by atoms with Gasteiger partial charge in [0.25, 0.3) is 0 Å². The molecular weight excluding hydrogens is 180 g/mol. The minimum Gasteiger partial charge on any atom is -0.393 e. The Morgan fingerprint density at radius 3 is 2.50 bits per heavy atom. The van der Waals surface area contributed by atoms with Gasteiger partial charge in [-0.15, -0.1) is 0 Å². The van der Waals surface area contributed by atoms with Crippen LogP contribution in [-0.2, 0) is 9.47 Å². The normalized spacial score (nSPS) is 45.6. The Bertz CT molecular complexity index is 223. The van der Waals surface area contributed by atoms with Gasteiger partial charge in [-0.1, -0.05) is 0 Å². The van der Waals surface area contributed by atoms with E-state index in [1.807, 2.05) is 0 Å². The molecule has 0 radical (unpaired) electrons. The number of hydrogen-bond acceptors (Lipinski definition) is 3. The van der Waals surface area contributed by atoms with E-state index in [4.69, 9.17) is 9.47 Å². The smallest absolute Gasteiger partial charge is 0.169 e. The van der Waals surface area contributed by atoms with Crippen LogP contribution >= 0.6 is 0 Å². The van der Waals surface area contributed by atoms with Crippen LogP contribution in [-0.4, -0.2) is 30.2 Å². The molecule has 80 valence electrons. The Hall–Kier alpha value is -0.120. The van der Waals surface area contributed by atoms with E-state index < -0.39 is 0 Å². The third kappa shape index (κ3) is 1.38. The molecule has 3 nitrogen and oxygen atoms in total. The van der Waals surface area contributed by atoms with E-state index in [1.165, 1.54) is 0 Å². The van der Waals surface area contributed by atoms with Gasteiger partial charge in [0.15, 0.2) is 5.79 Å². The van der Waals surface area contributed by atoms with Crippen molar-refractivity contribution in [1.82, 2.24) is 0 Å². The summed E-state index contributed by atoms with van der Waals surface area (Å²) in [6.45, 7) is 1.50. The molecule has 1 aliphatic heterocycles. The van der Waals surface area contributed by atoms with Crippen LogP contribution in [0.2, 0.25) is 0 Å². The first kappa shape index (κ1) is 9.13. The highest BCUT2D eigenvalue weighted by atomic mass is 16.7. The molecule has 3 atom stereocenters. The molecule has 1 saturated heterocycles. The quantitative estimate of drug-likeness (QED) is 0.637. The van der Waals surface area contributed by atoms with Gasteiger partial charge in [0.1, 0.15) is 0 Å². The zero-order chi connectivity index (χ0) is 9.60. The standard InChI is InChI=1S/C11H18O3/c12-10-2-1-8-6-11(7-9(8)5-10)13-3-4-14-11/h8-10,12H,1-7H2/t8-,9+,10-/m0/s1. The fraction of sp³-hybridized carbons (Fsp3) is 1.00. The molecule has 0 aromatic rings. The number of hydrogen-bond donors (Lipinski definition) is 1. The van der Waals surface area contributed by atoms with E-state index in [-0.39, 0.29) is 11.9 Å². The van der Waals surface area contributed by atoms with E-state index in [9.17, 15) is 5.11 Å². The lowest BCUT2D eigenvalue weighted by Crippen LogP contribution is -2.26. The average molecular weight is 198 g/mol. The minimum atomic E-state index is -0.251. The van der Waals surface area contributed by atoms with Gasteiger partial charge < -0.3 is 14.6 Å². The monoisotopic (exact) mass is 198 g/mol. The Balaban J connectivity index is 1.72. The molecule has 0 amide bonds. The summed E-state index contributed by atoms with van der Waals surface area (Å²) in [5.41, 5.74) is 0. The van der Waals surface area contributed by atoms with Crippen molar-refractivity contribution >= 4 is 0 Å². The maximum absolute atomic E-state index is 9.61. The van der Waals surface area contributed by atoms with Crippen LogP contribution in [0, 0.1) is 11.8 Å². The van der Waals surface area contributed by atoms with Gasteiger partial charge in [-0.05, 0) is 31.1 Å². The van der Waals surface area contributed by atoms with E-state index in [0.29, 0.717) is 5.92 Å². The summed E-state index contributed by atoms with van der Waals surface area (Å²) in [6.07, 6.45) is 5.07. The molecule has 0 bridgehead atoms. The predicted octanol–water partition coefficient (Wildman–Crippen LogP) is 1.30. The van der Waals surface area contributed by atoms with Crippen molar-refractivity contribution in [3.8, 4) is 0 Å². The predicted molar refractivity (Wildman–Crippen MR) is 50.7 cm³/mol. The summed E-state index contributed by atoms with van der Waals surface area (Å²) in [5, 5.41) is 9.61. The first-order chi connectivity index (χ1) is 6.77. The summed E-state index contributed by atoms with van der Waals surface area (Å²) in [5.74, 6) is 1.12. The van der Waals surface area contributed by atoms with Crippen LogP contribution in [0.15, 0.2) is 0 Å². The highest BCUT2D eigenvalue weighted by molar-refractivity contribution is 4.95. The maximum atomic E-state index is 9.61. The van der Waals surface area contributed by atoms with Crippen molar-refractivity contribution < 1.29 is 14.6 Å². The SMILES string of the molecule is O[C@H]1CC[C@H]2CC3(C[C@H]2C1)OCCO3. The molecule has 0 unspecified atom stereocenters. The molecule has 1 N–H and O–H groups in total. The largest absolute Gasteiger partial charge is 0.393 e. The molecule has 1 heterocycles. The molecule has 3 rings (SSSR count). The minimum absolute atomic E-state index is 0.0761. The maximum Gasteiger partial charge on any atom is 0.169 e. The fourth-order valence-corrected chi connectivity index (χ4v) is 3.44. The van der Waals surface area contributed by atoms with Crippen LogP contribution < -0.4 is 0 Å². The highest BCUT2D eigenvalue weighted by Crippen LogP contribution is 2.50. The zero-order valence-corrected chi connectivity index (χ0v) is 8.45. The Morgan fingerprint density at radius 1 is 1.00 bits per heavy atom. The number of rotatable bonds is 0. The van der Waals surface area contributed by atoms with Gasteiger partial charge in [0, 0.05) is 12.8 Å². The summed E-state index contributed by atoms with van der Waals surface area (Å²) in [6, 6.07) is 0. The van der Waals surface area contributed by atoms with Crippen LogP contribution in [0.3, 0.4) is 0 Å². The molecule has 2 aliphatic carbocycles. The van der Waals surface area contributed by atoms with Gasteiger partial charge in [0.2, 0.25) is 0 Å². The van der Waals surface area contributed by atoms with Gasteiger partial charge in [0.05, 0.1) is 19.3 Å². The Labute approximate surface area is 84.4 Å². The Kier molecular flexibility index (Phi) is 2.08. The van der Waals surface area contributed by atoms with Crippen LogP contribution in [0.4, 0.5) is 0 Å². The molecule has 14 heavy (non-hydrogen) atoms. The van der Waals surface area contributed by atoms with Crippen molar-refractivity contribution in [2.45, 2.75) is 44.0 Å². The second kappa shape index (κ2) is 3.19. The topological polar surface area (TPSA) is 38.7 Å². The third-order valence-electron chi connectivity index (χ3n) is 4.07. The lowest BCUT2D eigenvalue weighted by molar-refractivity contribution is -0.154. The highest BCUT2D eigenvalue weighted by Gasteiger charge is 2.50. The third-order valence-corrected chi connectivity index (χ3v) is 4.07. The van der Waals surface area contributed by atoms with Crippen molar-refractivity contribution in [2.75, 3.05) is 13.2 Å². The number of aliphatic hydroxyl groups is 1. The first-order valence-corrected chi connectivity index (χ1v) is 5.73. The lowest BCUT2D eigenvalue weighted by Gasteiger charge is -2.27. The van der Waals surface area contributed by atoms with Gasteiger partial charge >= 0.3 is 0 Å². The summed E-state index contributed by atoms with van der Waals surface area (Å²) >= 11 is 0. The van der Waals surface area contributed by atoms with Gasteiger partial charge in [-0.2, -0.15) is 0 Å². The first-order valence-electron chi connectivity index (χ1n) is 5.73. The Morgan fingerprint density at radius 2 is 1.71 bits per heavy atom. The molecule has 0 aromatic carbocycles. The lowest BCUT2D eigenvalue weighted by atomic mass is 9.80. The van der Waals surface area contributed by atoms with Crippen molar-refractivity contribution in [2.24, 2.45) is 11.8 Å². The number of aliphatic hydroxyl groups excluding tert-OH is 1. The summed E-state index contributed by atoms with van der Waals surface area (Å²) in [7, 11) is 0. The van der Waals surface area contributed by atoms with Crippen molar-refractivity contribution in [3.05, 3.63) is 0 Å². The van der Waals surface area contributed by atoms with Crippen LogP contribution in [0.1, 0.15) is 32.1 Å². The molecule has 1 spiro atoms. The molecule has 0 aromatic heterocycles. The van der Waals surface area contributed by atoms with Crippen molar-refractivity contribution in [3.63, 3.8) is 0 Å². The number of fused-ring (bicyclic) bond motifs is 1. The van der Waals surface area contributed by atoms with E-state index in [0.717, 1.165) is 51.2 Å². The molecule has 3 heteroatoms. The molecule has 3 fully saturated rings. The molecule has 3 aliphatic rings. The number of ether oxygens (including phenoxy) is 2. The van der Waals surface area contributed by atoms with E-state index in [1.54, 1.807) is 0 Å². The zero-order valence-electron chi connectivity index (χ0n) is 8.45. The van der Waals surface area contributed by atoms with Crippen molar-refractivity contribution in [1.29, 1.82) is 0 Å². The summed E-state index contributed by atoms with van der Waals surface area (Å²) in [4.78, 5) is 0. The second-order valence-corrected chi connectivity index (χ2v) is 5.00. The summed E-state index contributed by atoms with van der Waals surface area (Å²) < 4.78 is 11.4. The van der Waals surface area contributed by atoms with Gasteiger partial charge in [-0.3, -0.25) is 0 Å². The van der Waals surface area contributed by atoms with Gasteiger partial charge in [-0.25, -0.2) is 0 Å². The molecule has 2 saturated carbocycles. The van der Waals surface area contributed by atoms with Crippen LogP contribution in [0.25, 0.3) is 0 Å². The second-order valence-electron chi connectivity index (χ2n) is 5.00. The molecular formula is C11H18O3.